The number of benzene rings is 2. The Balaban J connectivity index is 0.000000266. The number of hydrogen-bond donors (Lipinski definition) is 1. The summed E-state index contributed by atoms with van der Waals surface area (Å²) in [4.78, 5) is 19.5. The molecule has 0 aliphatic heterocycles. The molecule has 0 fully saturated rings. The van der Waals surface area contributed by atoms with Crippen LogP contribution < -0.4 is 5.73 Å². The van der Waals surface area contributed by atoms with E-state index in [0.717, 1.165) is 12.1 Å². The summed E-state index contributed by atoms with van der Waals surface area (Å²) in [6.07, 6.45) is 0. The molecule has 10 nitrogen and oxygen atoms in total. The fourth-order valence-corrected chi connectivity index (χ4v) is 840. The molecule has 0 spiro atoms. The van der Waals surface area contributed by atoms with Gasteiger partial charge in [0.25, 0.3) is 11.4 Å². The molecular weight excluding hydrogens is 1610 g/mol. The maximum atomic E-state index is 12.7. The van der Waals surface area contributed by atoms with Gasteiger partial charge in [0.05, 0.1) is 9.85 Å². The van der Waals surface area contributed by atoms with Gasteiger partial charge in [0.2, 0.25) is 0 Å². The van der Waals surface area contributed by atoms with Crippen molar-refractivity contribution in [2.75, 3.05) is 5.73 Å². The number of rotatable bonds is 5. The summed E-state index contributed by atoms with van der Waals surface area (Å²) in [6, 6.07) is 9.16. The van der Waals surface area contributed by atoms with Crippen molar-refractivity contribution in [2.24, 2.45) is 0 Å². The van der Waals surface area contributed by atoms with E-state index in [9.17, 15) is 24.6 Å². The van der Waals surface area contributed by atoms with Gasteiger partial charge in [0.15, 0.2) is 17.0 Å². The predicted molar refractivity (Wildman–Crippen MR) is 223 cm³/mol. The summed E-state index contributed by atoms with van der Waals surface area (Å²) in [5, 5.41) is 32.8. The van der Waals surface area contributed by atoms with Crippen LogP contribution >= 0.6 is 143 Å². The first-order valence-corrected chi connectivity index (χ1v) is 64.3. The van der Waals surface area contributed by atoms with Crippen LogP contribution in [0.2, 0.25) is 0 Å². The van der Waals surface area contributed by atoms with E-state index in [2.05, 4.69) is 117 Å². The van der Waals surface area contributed by atoms with E-state index in [-0.39, 0.29) is 48.5 Å². The molecule has 0 saturated heterocycles. The molecule has 0 saturated carbocycles. The normalized spacial score (nSPS) is 11.6. The van der Waals surface area contributed by atoms with E-state index in [1.165, 1.54) is 24.3 Å². The zero-order valence-electron chi connectivity index (χ0n) is 16.0. The quantitative estimate of drug-likeness (QED) is 0.150. The van der Waals surface area contributed by atoms with Crippen LogP contribution in [0.25, 0.3) is 11.0 Å². The zero-order valence-corrected chi connectivity index (χ0v) is 37.6. The second-order valence-electron chi connectivity index (χ2n) is 5.13. The maximum absolute atomic E-state index is 12.7. The van der Waals surface area contributed by atoms with Gasteiger partial charge in [-0.05, 0) is 12.1 Å². The van der Waals surface area contributed by atoms with E-state index in [1.807, 2.05) is 0 Å². The number of fused-ring (bicyclic) bond motifs is 1. The van der Waals surface area contributed by atoms with Crippen LogP contribution in [0.1, 0.15) is 5.56 Å². The Bertz CT molecular complexity index is 1210. The summed E-state index contributed by atoms with van der Waals surface area (Å²) in [5.74, 6) is -0.825. The van der Waals surface area contributed by atoms with Gasteiger partial charge >= 0.3 is 143 Å². The number of nitrogens with two attached hydrogens (primary N) is 1. The average molecular weight is 1610 g/mol. The summed E-state index contributed by atoms with van der Waals surface area (Å²) >= 11 is 16.9. The molecule has 0 atom stereocenters. The summed E-state index contributed by atoms with van der Waals surface area (Å²) in [5.41, 5.74) is 4.62. The Morgan fingerprint density at radius 1 is 0.943 bits per heavy atom. The van der Waals surface area contributed by atoms with Crippen LogP contribution in [0.3, 0.4) is 0 Å². The average Bonchev–Trinajstić information content (AvgIpc) is 3.19. The van der Waals surface area contributed by atoms with Gasteiger partial charge in [-0.1, -0.05) is 17.3 Å². The third kappa shape index (κ3) is 11.9. The molecule has 0 aliphatic rings. The SMILES string of the molecule is II(I)I(I)I(I)I(I)I.N#Cc1c(F)cccc1[N+](=O)[O-].Nc1noc2cccc([N+](=O)[O-])c12. The van der Waals surface area contributed by atoms with E-state index in [0.29, 0.717) is 5.58 Å². The summed E-state index contributed by atoms with van der Waals surface area (Å²) < 4.78 is 17.4. The second-order valence-corrected chi connectivity index (χ2v) is 200. The molecule has 196 valence electrons. The fraction of sp³-hybridized carbons (Fsp3) is 0. The van der Waals surface area contributed by atoms with Gasteiger partial charge in [-0.3, -0.25) is 20.2 Å². The minimum atomic E-state index is -0.869. The maximum Gasteiger partial charge on any atom is 0.290 e. The molecular formula is C14H8FI10N5O5. The first kappa shape index (κ1) is 36.3. The molecule has 1 heterocycles. The largest absolute Gasteiger partial charge is 0.380 e. The van der Waals surface area contributed by atoms with Crippen LogP contribution in [-0.2, 0) is 0 Å². The van der Waals surface area contributed by atoms with Gasteiger partial charge in [-0.2, -0.15) is 5.26 Å². The van der Waals surface area contributed by atoms with Crippen molar-refractivity contribution in [2.45, 2.75) is 0 Å². The van der Waals surface area contributed by atoms with Gasteiger partial charge < -0.3 is 10.3 Å². The van der Waals surface area contributed by atoms with Crippen molar-refractivity contribution >= 4 is 171 Å². The molecule has 0 radical (unpaired) electrons. The molecule has 0 bridgehead atoms. The van der Waals surface area contributed by atoms with Crippen LogP contribution in [0.4, 0.5) is 21.6 Å². The molecule has 2 aromatic carbocycles. The number of halogens is 11. The van der Waals surface area contributed by atoms with Crippen molar-refractivity contribution in [3.8, 4) is 6.07 Å². The van der Waals surface area contributed by atoms with Crippen molar-refractivity contribution in [1.82, 2.24) is 5.16 Å². The number of anilines is 1. The van der Waals surface area contributed by atoms with E-state index in [4.69, 9.17) is 15.5 Å². The molecule has 2 N–H and O–H groups in total. The number of nitrogen functional groups attached to an aromatic ring is 1. The minimum Gasteiger partial charge on any atom is -0.380 e. The third-order valence-corrected chi connectivity index (χ3v) is 499. The standard InChI is InChI=1S/C7H3FN2O2.C7H5N3O3.I10/c8-6-2-1-3-7(10(11)12)5(6)4-9;8-7-6-4(10(11)12)2-1-3-5(6)13-9-7;1-7(2)9(5)10(6)8(3)4/h1-3H;1-3H,(H2,8,9);. The van der Waals surface area contributed by atoms with Crippen LogP contribution in [0, 0.1) is 37.4 Å². The monoisotopic (exact) mass is 1610 g/mol. The first-order chi connectivity index (χ1) is 16.3. The molecule has 3 aromatic rings. The van der Waals surface area contributed by atoms with E-state index < -0.39 is 26.9 Å². The Labute approximate surface area is 273 Å². The topological polar surface area (TPSA) is 162 Å². The number of nitro groups is 2. The second kappa shape index (κ2) is 18.6. The zero-order chi connectivity index (χ0) is 26.9. The number of nitro benzene ring substituents is 2. The summed E-state index contributed by atoms with van der Waals surface area (Å²) in [6.45, 7) is 0. The van der Waals surface area contributed by atoms with E-state index in [1.54, 1.807) is 6.07 Å². The smallest absolute Gasteiger partial charge is 0.290 e. The number of nitriles is 1. The molecule has 0 aliphatic carbocycles. The minimum absolute atomic E-state index is 0.0438. The molecule has 21 heteroatoms. The molecule has 3 rings (SSSR count). The molecule has 35 heavy (non-hydrogen) atoms. The van der Waals surface area contributed by atoms with Crippen LogP contribution in [-0.4, -0.2) is 15.0 Å². The van der Waals surface area contributed by atoms with Crippen molar-refractivity contribution in [3.05, 3.63) is 68.0 Å². The predicted octanol–water partition coefficient (Wildman–Crippen LogP) is 11.8. The van der Waals surface area contributed by atoms with Gasteiger partial charge in [-0.15, -0.1) is 0 Å². The number of aromatic nitrogens is 1. The van der Waals surface area contributed by atoms with Crippen molar-refractivity contribution < 1.29 is 18.8 Å². The third-order valence-electron chi connectivity index (χ3n) is 3.24. The van der Waals surface area contributed by atoms with Crippen molar-refractivity contribution in [1.29, 1.82) is 5.26 Å². The Morgan fingerprint density at radius 3 is 1.86 bits per heavy atom. The molecule has 0 unspecified atom stereocenters. The van der Waals surface area contributed by atoms with Crippen LogP contribution in [0.15, 0.2) is 40.9 Å². The van der Waals surface area contributed by atoms with Gasteiger partial charge in [0.1, 0.15) is 17.3 Å². The first-order valence-electron chi connectivity index (χ1n) is 7.76. The van der Waals surface area contributed by atoms with Gasteiger partial charge in [0, 0.05) is 12.1 Å². The number of hydrogen-bond acceptors (Lipinski definition) is 8. The fourth-order valence-electron chi connectivity index (χ4n) is 1.99. The Hall–Kier alpha value is 3.23. The summed E-state index contributed by atoms with van der Waals surface area (Å²) in [7, 11) is -1.31. The molecule has 1 aromatic heterocycles. The Morgan fingerprint density at radius 2 is 1.43 bits per heavy atom. The van der Waals surface area contributed by atoms with Gasteiger partial charge in [-0.25, -0.2) is 4.39 Å². The van der Waals surface area contributed by atoms with Crippen molar-refractivity contribution in [3.63, 3.8) is 0 Å². The number of nitrogens with zero attached hydrogens (tertiary/aromatic N) is 4. The van der Waals surface area contributed by atoms with E-state index >= 15 is 0 Å². The Kier molecular flexibility index (Phi) is 19.3. The number of non-ortho nitro benzene ring substituents is 1. The molecule has 0 amide bonds. The van der Waals surface area contributed by atoms with Crippen LogP contribution in [0.5, 0.6) is 0 Å².